The van der Waals surface area contributed by atoms with Crippen LogP contribution in [0.2, 0.25) is 0 Å². The highest BCUT2D eigenvalue weighted by atomic mass is 19.1. The van der Waals surface area contributed by atoms with E-state index in [-0.39, 0.29) is 17.6 Å². The molecule has 0 spiro atoms. The monoisotopic (exact) mass is 378 g/mol. The third-order valence-corrected chi connectivity index (χ3v) is 6.04. The number of Topliss-reactive ketones (excluding diaryl/α,β-unsaturated/α-hetero) is 1. The Kier molecular flexibility index (Phi) is 4.45. The molecule has 144 valence electrons. The zero-order valence-electron chi connectivity index (χ0n) is 15.6. The number of hydrogen-bond donors (Lipinski definition) is 1. The van der Waals surface area contributed by atoms with E-state index in [0.29, 0.717) is 11.6 Å². The third kappa shape index (κ3) is 3.02. The van der Waals surface area contributed by atoms with Gasteiger partial charge >= 0.3 is 0 Å². The molecule has 0 bridgehead atoms. The molecule has 5 rings (SSSR count). The van der Waals surface area contributed by atoms with E-state index in [2.05, 4.69) is 15.2 Å². The van der Waals surface area contributed by atoms with E-state index in [9.17, 15) is 9.18 Å². The molecule has 3 heterocycles. The summed E-state index contributed by atoms with van der Waals surface area (Å²) in [6.45, 7) is 3.04. The van der Waals surface area contributed by atoms with Gasteiger partial charge in [-0.05, 0) is 68.8 Å². The van der Waals surface area contributed by atoms with Crippen LogP contribution in [0.1, 0.15) is 29.6 Å². The van der Waals surface area contributed by atoms with Crippen molar-refractivity contribution in [2.24, 2.45) is 0 Å². The second-order valence-electron chi connectivity index (χ2n) is 7.70. The van der Waals surface area contributed by atoms with Gasteiger partial charge in [0, 0.05) is 29.9 Å². The lowest BCUT2D eigenvalue weighted by atomic mass is 10.0. The third-order valence-electron chi connectivity index (χ3n) is 6.04. The summed E-state index contributed by atoms with van der Waals surface area (Å²) in [6, 6.07) is 12.7. The first-order chi connectivity index (χ1) is 13.7. The van der Waals surface area contributed by atoms with Gasteiger partial charge in [0.2, 0.25) is 0 Å². The number of benzene rings is 2. The summed E-state index contributed by atoms with van der Waals surface area (Å²) in [5.41, 5.74) is 3.12. The Morgan fingerprint density at radius 3 is 2.79 bits per heavy atom. The second-order valence-corrected chi connectivity index (χ2v) is 7.70. The van der Waals surface area contributed by atoms with Gasteiger partial charge in [0.1, 0.15) is 12.1 Å². The van der Waals surface area contributed by atoms with E-state index in [1.54, 1.807) is 12.4 Å². The minimum Gasteiger partial charge on any atom is -0.315 e. The fourth-order valence-corrected chi connectivity index (χ4v) is 4.60. The van der Waals surface area contributed by atoms with Crippen molar-refractivity contribution in [2.75, 3.05) is 19.6 Å². The van der Waals surface area contributed by atoms with Crippen molar-refractivity contribution in [3.8, 4) is 5.69 Å². The van der Waals surface area contributed by atoms with Crippen LogP contribution < -0.4 is 5.32 Å². The maximum absolute atomic E-state index is 13.4. The molecule has 0 radical (unpaired) electrons. The molecule has 1 aromatic heterocycles. The topological polar surface area (TPSA) is 50.2 Å². The number of fused-ring (bicyclic) bond motifs is 1. The molecule has 2 fully saturated rings. The molecule has 1 N–H and O–H groups in total. The lowest BCUT2D eigenvalue weighted by Crippen LogP contribution is -2.44. The smallest absolute Gasteiger partial charge is 0.179 e. The Morgan fingerprint density at radius 1 is 1.14 bits per heavy atom. The van der Waals surface area contributed by atoms with Crippen LogP contribution in [-0.2, 0) is 0 Å². The minimum atomic E-state index is -0.294. The molecule has 5 nitrogen and oxygen atoms in total. The minimum absolute atomic E-state index is 0.00667. The number of nitrogens with one attached hydrogen (secondary N) is 1. The molecule has 2 aliphatic rings. The Balaban J connectivity index is 1.39. The SMILES string of the molecule is O=C(c1ccc(-n2cnc3cc(F)ccc32)cc1)C1CCCN1C1CCNC1. The van der Waals surface area contributed by atoms with Gasteiger partial charge in [-0.15, -0.1) is 0 Å². The summed E-state index contributed by atoms with van der Waals surface area (Å²) in [4.78, 5) is 19.8. The van der Waals surface area contributed by atoms with Crippen molar-refractivity contribution in [1.82, 2.24) is 19.8 Å². The van der Waals surface area contributed by atoms with Crippen molar-refractivity contribution in [1.29, 1.82) is 0 Å². The number of likely N-dealkylation sites (tertiary alicyclic amines) is 1. The number of rotatable bonds is 4. The number of ketones is 1. The van der Waals surface area contributed by atoms with Crippen molar-refractivity contribution in [2.45, 2.75) is 31.3 Å². The molecular weight excluding hydrogens is 355 g/mol. The largest absolute Gasteiger partial charge is 0.315 e. The normalized spacial score (nSPS) is 22.9. The van der Waals surface area contributed by atoms with Crippen LogP contribution in [-0.4, -0.2) is 52.0 Å². The van der Waals surface area contributed by atoms with Crippen molar-refractivity contribution in [3.05, 3.63) is 60.2 Å². The lowest BCUT2D eigenvalue weighted by Gasteiger charge is -2.29. The summed E-state index contributed by atoms with van der Waals surface area (Å²) >= 11 is 0. The first-order valence-electron chi connectivity index (χ1n) is 9.94. The maximum Gasteiger partial charge on any atom is 0.179 e. The summed E-state index contributed by atoms with van der Waals surface area (Å²) < 4.78 is 15.3. The molecular formula is C22H23FN4O. The fourth-order valence-electron chi connectivity index (χ4n) is 4.60. The number of carbonyl (C=O) groups is 1. The summed E-state index contributed by atoms with van der Waals surface area (Å²) in [7, 11) is 0. The van der Waals surface area contributed by atoms with Gasteiger partial charge in [0.05, 0.1) is 17.1 Å². The van der Waals surface area contributed by atoms with Crippen LogP contribution in [0, 0.1) is 5.82 Å². The molecule has 3 aromatic rings. The quantitative estimate of drug-likeness (QED) is 0.709. The number of imidazole rings is 1. The highest BCUT2D eigenvalue weighted by molar-refractivity contribution is 6.00. The van der Waals surface area contributed by atoms with Crippen LogP contribution in [0.3, 0.4) is 0 Å². The maximum atomic E-state index is 13.4. The summed E-state index contributed by atoms with van der Waals surface area (Å²) in [5, 5.41) is 3.40. The van der Waals surface area contributed by atoms with Crippen LogP contribution in [0.15, 0.2) is 48.8 Å². The van der Waals surface area contributed by atoms with E-state index in [1.807, 2.05) is 28.8 Å². The van der Waals surface area contributed by atoms with E-state index in [1.165, 1.54) is 12.1 Å². The van der Waals surface area contributed by atoms with E-state index in [4.69, 9.17) is 0 Å². The van der Waals surface area contributed by atoms with E-state index >= 15 is 0 Å². The predicted octanol–water partition coefficient (Wildman–Crippen LogP) is 3.17. The number of halogens is 1. The van der Waals surface area contributed by atoms with Gasteiger partial charge in [-0.1, -0.05) is 0 Å². The average molecular weight is 378 g/mol. The van der Waals surface area contributed by atoms with Gasteiger partial charge in [0.25, 0.3) is 0 Å². The molecule has 0 aliphatic carbocycles. The van der Waals surface area contributed by atoms with Crippen LogP contribution in [0.5, 0.6) is 0 Å². The Hall–Kier alpha value is -2.57. The first-order valence-corrected chi connectivity index (χ1v) is 9.94. The molecule has 2 unspecified atom stereocenters. The van der Waals surface area contributed by atoms with Crippen molar-refractivity contribution < 1.29 is 9.18 Å². The molecule has 2 aliphatic heterocycles. The standard InChI is InChI=1S/C22H23FN4O/c23-16-5-8-20-19(12-16)25-14-27(20)17-6-3-15(4-7-17)22(28)21-2-1-11-26(21)18-9-10-24-13-18/h3-8,12,14,18,21,24H,1-2,9-11,13H2. The number of aromatic nitrogens is 2. The molecule has 2 aromatic carbocycles. The fraction of sp³-hybridized carbons (Fsp3) is 0.364. The van der Waals surface area contributed by atoms with Crippen LogP contribution in [0.4, 0.5) is 4.39 Å². The lowest BCUT2D eigenvalue weighted by molar-refractivity contribution is 0.0826. The zero-order valence-corrected chi connectivity index (χ0v) is 15.6. The summed E-state index contributed by atoms with van der Waals surface area (Å²) in [6.07, 6.45) is 4.83. The molecule has 0 saturated carbocycles. The second kappa shape index (κ2) is 7.11. The van der Waals surface area contributed by atoms with Gasteiger partial charge in [-0.2, -0.15) is 0 Å². The highest BCUT2D eigenvalue weighted by Crippen LogP contribution is 2.26. The molecule has 2 saturated heterocycles. The molecule has 0 amide bonds. The average Bonchev–Trinajstić information content (AvgIpc) is 3.46. The van der Waals surface area contributed by atoms with Gasteiger partial charge in [-0.3, -0.25) is 14.3 Å². The Bertz CT molecular complexity index is 1010. The predicted molar refractivity (Wildman–Crippen MR) is 106 cm³/mol. The van der Waals surface area contributed by atoms with Crippen molar-refractivity contribution >= 4 is 16.8 Å². The van der Waals surface area contributed by atoms with E-state index in [0.717, 1.165) is 55.7 Å². The van der Waals surface area contributed by atoms with Crippen LogP contribution >= 0.6 is 0 Å². The molecule has 6 heteroatoms. The van der Waals surface area contributed by atoms with Gasteiger partial charge < -0.3 is 5.32 Å². The summed E-state index contributed by atoms with van der Waals surface area (Å²) in [5.74, 6) is -0.0780. The molecule has 2 atom stereocenters. The number of hydrogen-bond acceptors (Lipinski definition) is 4. The zero-order chi connectivity index (χ0) is 19.1. The highest BCUT2D eigenvalue weighted by Gasteiger charge is 2.36. The Labute approximate surface area is 163 Å². The number of carbonyl (C=O) groups excluding carboxylic acids is 1. The van der Waals surface area contributed by atoms with Gasteiger partial charge in [-0.25, -0.2) is 9.37 Å². The first kappa shape index (κ1) is 17.5. The molecule has 28 heavy (non-hydrogen) atoms. The van der Waals surface area contributed by atoms with Gasteiger partial charge in [0.15, 0.2) is 5.78 Å². The van der Waals surface area contributed by atoms with E-state index < -0.39 is 0 Å². The van der Waals surface area contributed by atoms with Crippen LogP contribution in [0.25, 0.3) is 16.7 Å². The Morgan fingerprint density at radius 2 is 2.00 bits per heavy atom. The number of nitrogens with zero attached hydrogens (tertiary/aromatic N) is 3. The van der Waals surface area contributed by atoms with Crippen molar-refractivity contribution in [3.63, 3.8) is 0 Å².